The number of aryl methyl sites for hydroxylation is 1. The average Bonchev–Trinajstić information content (AvgIpc) is 4.03. The molecule has 3 amide bonds. The molecule has 17 heteroatoms. The molecule has 4 aliphatic rings. The summed E-state index contributed by atoms with van der Waals surface area (Å²) in [6.07, 6.45) is 2.88. The van der Waals surface area contributed by atoms with E-state index in [1.54, 1.807) is 33.4 Å². The number of esters is 1. The van der Waals surface area contributed by atoms with Crippen LogP contribution in [0, 0.1) is 11.3 Å². The van der Waals surface area contributed by atoms with E-state index in [-0.39, 0.29) is 49.2 Å². The number of carbonyl (C=O) groups excluding carboxylic acids is 4. The van der Waals surface area contributed by atoms with Crippen molar-refractivity contribution in [2.24, 2.45) is 11.3 Å². The highest BCUT2D eigenvalue weighted by molar-refractivity contribution is 5.98. The predicted octanol–water partition coefficient (Wildman–Crippen LogP) is 7.27. The number of fused-ring (bicyclic) bond motifs is 6. The maximum absolute atomic E-state index is 15.0. The summed E-state index contributed by atoms with van der Waals surface area (Å²) in [5, 5.41) is 17.1. The lowest BCUT2D eigenvalue weighted by Crippen LogP contribution is -2.62. The van der Waals surface area contributed by atoms with Gasteiger partial charge in [0, 0.05) is 100 Å². The number of amides is 3. The second-order valence-corrected chi connectivity index (χ2v) is 22.6. The number of rotatable bonds is 12. The maximum Gasteiger partial charge on any atom is 0.324 e. The van der Waals surface area contributed by atoms with E-state index in [0.717, 1.165) is 70.8 Å². The molecular formula is C60H78N8O9. The van der Waals surface area contributed by atoms with Gasteiger partial charge in [-0.15, -0.1) is 0 Å². The van der Waals surface area contributed by atoms with Crippen LogP contribution in [0.2, 0.25) is 0 Å². The number of cyclic esters (lactones) is 1. The zero-order valence-corrected chi connectivity index (χ0v) is 46.6. The fraction of sp³-hybridized carbons (Fsp3) is 0.517. The number of ether oxygens (including phenoxy) is 4. The number of aromatic nitrogens is 2. The summed E-state index contributed by atoms with van der Waals surface area (Å²) < 4.78 is 26.9. The molecule has 0 saturated carbocycles. The highest BCUT2D eigenvalue weighted by atomic mass is 16.5. The number of hydrogen-bond acceptors (Lipinski definition) is 13. The molecule has 6 unspecified atom stereocenters. The van der Waals surface area contributed by atoms with Gasteiger partial charge in [0.15, 0.2) is 0 Å². The van der Waals surface area contributed by atoms with Crippen LogP contribution in [0.3, 0.4) is 0 Å². The van der Waals surface area contributed by atoms with Gasteiger partial charge in [-0.05, 0) is 99.0 Å². The summed E-state index contributed by atoms with van der Waals surface area (Å²) in [4.78, 5) is 69.8. The number of nitrogens with one attached hydrogen (secondary N) is 2. The van der Waals surface area contributed by atoms with Crippen LogP contribution in [-0.2, 0) is 52.8 Å². The number of anilines is 1. The molecule has 9 rings (SSSR count). The minimum atomic E-state index is -1.20. The molecule has 0 radical (unpaired) electrons. The van der Waals surface area contributed by atoms with Gasteiger partial charge in [0.25, 0.3) is 11.8 Å². The van der Waals surface area contributed by atoms with E-state index in [1.807, 2.05) is 69.4 Å². The third kappa shape index (κ3) is 11.5. The van der Waals surface area contributed by atoms with Crippen LogP contribution in [0.15, 0.2) is 72.9 Å². The number of hydrogen-bond donors (Lipinski definition) is 3. The Morgan fingerprint density at radius 3 is 2.43 bits per heavy atom. The Morgan fingerprint density at radius 1 is 0.974 bits per heavy atom. The topological polar surface area (TPSA) is 180 Å². The molecule has 3 fully saturated rings. The molecule has 3 aromatic carbocycles. The molecule has 0 aliphatic carbocycles. The molecule has 77 heavy (non-hydrogen) atoms. The molecule has 6 heterocycles. The molecule has 4 aliphatic heterocycles. The van der Waals surface area contributed by atoms with Gasteiger partial charge >= 0.3 is 5.97 Å². The van der Waals surface area contributed by atoms with Crippen molar-refractivity contribution in [3.63, 3.8) is 0 Å². The quantitative estimate of drug-likeness (QED) is 0.106. The van der Waals surface area contributed by atoms with Gasteiger partial charge in [-0.25, -0.2) is 5.43 Å². The number of pyridine rings is 1. The van der Waals surface area contributed by atoms with Crippen molar-refractivity contribution in [2.75, 3.05) is 79.2 Å². The molecule has 5 aromatic rings. The van der Waals surface area contributed by atoms with E-state index < -0.39 is 47.4 Å². The van der Waals surface area contributed by atoms with Crippen molar-refractivity contribution in [1.82, 2.24) is 35.1 Å². The third-order valence-electron chi connectivity index (χ3n) is 16.1. The minimum absolute atomic E-state index is 0.0406. The summed E-state index contributed by atoms with van der Waals surface area (Å²) in [5.74, 6) is -1.83. The van der Waals surface area contributed by atoms with E-state index >= 15 is 4.79 Å². The number of phenolic OH excluding ortho intramolecular Hbond substituents is 1. The first-order chi connectivity index (χ1) is 36.9. The molecular weight excluding hydrogens is 977 g/mol. The molecule has 3 saturated heterocycles. The standard InChI is InChI=1S/C60H78N8O9/c1-11-67-50-32-51(75-10)44-31-45(50)47(54(67)46-30-41(34-61-52(46)37(4)74-9)66-23-21-64(7)22-24-66)33-60(5,6)35-77-59(73)48-18-15-20-68(63-48)57(71)49(28-38-26-40(44)29-42(69)27-38)62-56(70)53(36(2)3)65(8)58(72)55-43(19-25-76-55)39-16-13-12-14-17-39/h12-14,16-17,26-27,29-32,34,36-37,43,48-49,53,55,63,69H,11,15,18-25,28,33,35H2,1-10H3,(H,62,70). The summed E-state index contributed by atoms with van der Waals surface area (Å²) in [6.45, 7) is 17.0. The monoisotopic (exact) mass is 1050 g/mol. The predicted molar refractivity (Wildman–Crippen MR) is 297 cm³/mol. The lowest BCUT2D eigenvalue weighted by atomic mass is 9.84. The smallest absolute Gasteiger partial charge is 0.324 e. The minimum Gasteiger partial charge on any atom is -0.508 e. The highest BCUT2D eigenvalue weighted by Crippen LogP contribution is 2.46. The van der Waals surface area contributed by atoms with Gasteiger partial charge in [-0.2, -0.15) is 0 Å². The molecule has 412 valence electrons. The SMILES string of the molecule is CCn1c(-c2cc(N3CCN(C)CC3)cnc2C(C)OC)c2c3cc(c(OC)cc31)-c1cc(O)cc(c1)CC(NC(=O)C(C(C)C)N(C)C(=O)C1OCCC1c1ccccc1)C(=O)N1CCCC(N1)C(=O)OCC(C)(C)C2. The first kappa shape index (κ1) is 55.2. The summed E-state index contributed by atoms with van der Waals surface area (Å²) in [5.41, 5.74) is 11.2. The third-order valence-corrected chi connectivity index (χ3v) is 16.1. The van der Waals surface area contributed by atoms with E-state index in [1.165, 1.54) is 9.91 Å². The fourth-order valence-electron chi connectivity index (χ4n) is 12.0. The zero-order valence-electron chi connectivity index (χ0n) is 46.6. The summed E-state index contributed by atoms with van der Waals surface area (Å²) >= 11 is 0. The first-order valence-electron chi connectivity index (χ1n) is 27.4. The lowest BCUT2D eigenvalue weighted by Gasteiger charge is -2.37. The highest BCUT2D eigenvalue weighted by Gasteiger charge is 2.42. The van der Waals surface area contributed by atoms with Crippen LogP contribution >= 0.6 is 0 Å². The molecule has 3 N–H and O–H groups in total. The number of nitrogens with zero attached hydrogens (tertiary/aromatic N) is 6. The average molecular weight is 1060 g/mol. The van der Waals surface area contributed by atoms with Gasteiger partial charge in [-0.3, -0.25) is 29.2 Å². The second-order valence-electron chi connectivity index (χ2n) is 22.6. The van der Waals surface area contributed by atoms with Crippen molar-refractivity contribution in [3.05, 3.63) is 95.3 Å². The van der Waals surface area contributed by atoms with Crippen LogP contribution in [0.4, 0.5) is 5.69 Å². The Kier molecular flexibility index (Phi) is 16.6. The zero-order chi connectivity index (χ0) is 54.9. The van der Waals surface area contributed by atoms with E-state index in [4.69, 9.17) is 23.9 Å². The number of carbonyl (C=O) groups is 4. The van der Waals surface area contributed by atoms with Crippen LogP contribution in [0.5, 0.6) is 11.5 Å². The number of phenols is 1. The maximum atomic E-state index is 15.0. The van der Waals surface area contributed by atoms with Crippen molar-refractivity contribution < 1.29 is 43.2 Å². The lowest BCUT2D eigenvalue weighted by molar-refractivity contribution is -0.155. The molecule has 0 spiro atoms. The van der Waals surface area contributed by atoms with Crippen molar-refractivity contribution in [1.29, 1.82) is 0 Å². The van der Waals surface area contributed by atoms with Crippen molar-refractivity contribution in [2.45, 2.75) is 116 Å². The number of hydrazine groups is 1. The largest absolute Gasteiger partial charge is 0.508 e. The van der Waals surface area contributed by atoms with Crippen LogP contribution in [0.25, 0.3) is 33.3 Å². The van der Waals surface area contributed by atoms with Gasteiger partial charge in [0.2, 0.25) is 5.91 Å². The van der Waals surface area contributed by atoms with Crippen molar-refractivity contribution in [3.8, 4) is 33.9 Å². The normalized spacial score (nSPS) is 22.1. The Labute approximate surface area is 453 Å². The van der Waals surface area contributed by atoms with Crippen LogP contribution in [0.1, 0.15) is 95.2 Å². The first-order valence-corrected chi connectivity index (χ1v) is 27.4. The molecule has 2 aromatic heterocycles. The Bertz CT molecular complexity index is 2970. The van der Waals surface area contributed by atoms with Crippen LogP contribution < -0.4 is 20.4 Å². The number of likely N-dealkylation sites (N-methyl/N-ethyl adjacent to an activating group) is 2. The molecule has 17 nitrogen and oxygen atoms in total. The number of aromatic hydroxyl groups is 1. The number of piperazine rings is 1. The van der Waals surface area contributed by atoms with E-state index in [0.29, 0.717) is 61.3 Å². The second kappa shape index (κ2) is 23.2. The Morgan fingerprint density at radius 2 is 1.73 bits per heavy atom. The Balaban J connectivity index is 1.15. The van der Waals surface area contributed by atoms with E-state index in [2.05, 4.69) is 65.1 Å². The number of methoxy groups -OCH3 is 2. The Hall–Kier alpha value is -6.53. The van der Waals surface area contributed by atoms with Crippen LogP contribution in [-0.4, -0.2) is 152 Å². The van der Waals surface area contributed by atoms with Crippen molar-refractivity contribution >= 4 is 40.3 Å². The van der Waals surface area contributed by atoms with Gasteiger partial charge < -0.3 is 48.6 Å². The summed E-state index contributed by atoms with van der Waals surface area (Å²) in [7, 11) is 7.08. The van der Waals surface area contributed by atoms with Gasteiger partial charge in [0.1, 0.15) is 35.7 Å². The van der Waals surface area contributed by atoms with Gasteiger partial charge in [0.05, 0.1) is 48.6 Å². The van der Waals surface area contributed by atoms with Gasteiger partial charge in [-0.1, -0.05) is 64.1 Å². The number of benzene rings is 3. The fourth-order valence-corrected chi connectivity index (χ4v) is 12.0. The molecule has 6 atom stereocenters. The summed E-state index contributed by atoms with van der Waals surface area (Å²) in [6, 6.07) is 18.4. The van der Waals surface area contributed by atoms with E-state index in [9.17, 15) is 19.5 Å². The molecule has 6 bridgehead atoms.